The van der Waals surface area contributed by atoms with Gasteiger partial charge in [0.05, 0.1) is 0 Å². The van der Waals surface area contributed by atoms with Gasteiger partial charge in [0.2, 0.25) is 0 Å². The largest absolute Gasteiger partial charge is 1.00 e. The van der Waals surface area contributed by atoms with Crippen LogP contribution >= 0.6 is 0 Å². The maximum atomic E-state index is 2.26. The summed E-state index contributed by atoms with van der Waals surface area (Å²) >= 11 is 0. The second-order valence-electron chi connectivity index (χ2n) is 3.57. The quantitative estimate of drug-likeness (QED) is 0.423. The molecule has 0 unspecified atom stereocenters. The van der Waals surface area contributed by atoms with Crippen LogP contribution in [0.5, 0.6) is 0 Å². The summed E-state index contributed by atoms with van der Waals surface area (Å²) in [5, 5.41) is 0. The van der Waals surface area contributed by atoms with Crippen LogP contribution in [-0.4, -0.2) is 0 Å². The standard InChI is InChI=1S/C9H14.Na.H/c1-9(2,3)8-6-4-5-7-8;;/h4-6H,7H2,1-3H3;;/q;+1;-1. The summed E-state index contributed by atoms with van der Waals surface area (Å²) < 4.78 is 0. The Labute approximate surface area is 87.2 Å². The average Bonchev–Trinajstić information content (AvgIpc) is 2.08. The Kier molecular flexibility index (Phi) is 3.93. The van der Waals surface area contributed by atoms with E-state index in [2.05, 4.69) is 39.0 Å². The van der Waals surface area contributed by atoms with E-state index in [0.717, 1.165) is 6.42 Å². The molecule has 10 heavy (non-hydrogen) atoms. The van der Waals surface area contributed by atoms with E-state index in [-0.39, 0.29) is 31.0 Å². The van der Waals surface area contributed by atoms with Crippen molar-refractivity contribution in [3.8, 4) is 0 Å². The molecule has 0 saturated carbocycles. The van der Waals surface area contributed by atoms with Crippen LogP contribution in [0.2, 0.25) is 0 Å². The van der Waals surface area contributed by atoms with E-state index < -0.39 is 0 Å². The summed E-state index contributed by atoms with van der Waals surface area (Å²) in [6.07, 6.45) is 7.73. The Balaban J connectivity index is 0. The number of hydrogen-bond acceptors (Lipinski definition) is 0. The third kappa shape index (κ3) is 2.61. The summed E-state index contributed by atoms with van der Waals surface area (Å²) in [5.74, 6) is 0. The first-order valence-corrected chi connectivity index (χ1v) is 3.47. The first-order chi connectivity index (χ1) is 4.11. The van der Waals surface area contributed by atoms with Crippen LogP contribution in [0.3, 0.4) is 0 Å². The monoisotopic (exact) mass is 146 g/mol. The van der Waals surface area contributed by atoms with Crippen molar-refractivity contribution in [2.24, 2.45) is 5.41 Å². The topological polar surface area (TPSA) is 0 Å². The van der Waals surface area contributed by atoms with Gasteiger partial charge in [-0.05, 0) is 11.8 Å². The van der Waals surface area contributed by atoms with E-state index in [4.69, 9.17) is 0 Å². The second-order valence-corrected chi connectivity index (χ2v) is 3.57. The van der Waals surface area contributed by atoms with Crippen molar-refractivity contribution >= 4 is 0 Å². The average molecular weight is 146 g/mol. The van der Waals surface area contributed by atoms with Gasteiger partial charge < -0.3 is 1.43 Å². The minimum Gasteiger partial charge on any atom is -1.00 e. The summed E-state index contributed by atoms with van der Waals surface area (Å²) in [6, 6.07) is 0. The molecule has 0 aromatic heterocycles. The smallest absolute Gasteiger partial charge is 1.00 e. The molecular formula is C9H15Na. The molecule has 52 valence electrons. The zero-order valence-corrected chi connectivity index (χ0v) is 9.44. The Hall–Kier alpha value is 0.480. The van der Waals surface area contributed by atoms with Gasteiger partial charge in [0.25, 0.3) is 0 Å². The van der Waals surface area contributed by atoms with Gasteiger partial charge in [-0.15, -0.1) is 0 Å². The molecule has 0 atom stereocenters. The molecule has 0 aromatic rings. The van der Waals surface area contributed by atoms with Crippen LogP contribution < -0.4 is 29.6 Å². The molecule has 0 heterocycles. The maximum Gasteiger partial charge on any atom is 1.00 e. The summed E-state index contributed by atoms with van der Waals surface area (Å²) in [7, 11) is 0. The molecule has 0 aromatic carbocycles. The van der Waals surface area contributed by atoms with Crippen molar-refractivity contribution in [2.45, 2.75) is 27.2 Å². The molecule has 0 N–H and O–H groups in total. The van der Waals surface area contributed by atoms with Gasteiger partial charge in [-0.2, -0.15) is 0 Å². The van der Waals surface area contributed by atoms with E-state index in [1.165, 1.54) is 0 Å². The van der Waals surface area contributed by atoms with Crippen molar-refractivity contribution in [3.63, 3.8) is 0 Å². The molecule has 1 aliphatic carbocycles. The molecule has 1 heteroatoms. The van der Waals surface area contributed by atoms with Crippen LogP contribution in [0.25, 0.3) is 0 Å². The minimum absolute atomic E-state index is 0. The Morgan fingerprint density at radius 1 is 1.40 bits per heavy atom. The molecule has 0 saturated heterocycles. The van der Waals surface area contributed by atoms with Gasteiger partial charge in [0.1, 0.15) is 0 Å². The zero-order valence-electron chi connectivity index (χ0n) is 8.44. The van der Waals surface area contributed by atoms with Gasteiger partial charge in [-0.25, -0.2) is 0 Å². The fraction of sp³-hybridized carbons (Fsp3) is 0.556. The fourth-order valence-electron chi connectivity index (χ4n) is 1.00. The first kappa shape index (κ1) is 10.5. The van der Waals surface area contributed by atoms with Gasteiger partial charge in [0, 0.05) is 0 Å². The molecule has 0 amide bonds. The number of hydrogen-bond donors (Lipinski definition) is 0. The molecular weight excluding hydrogens is 131 g/mol. The van der Waals surface area contributed by atoms with Crippen molar-refractivity contribution in [1.82, 2.24) is 0 Å². The van der Waals surface area contributed by atoms with Gasteiger partial charge >= 0.3 is 29.6 Å². The van der Waals surface area contributed by atoms with Gasteiger partial charge in [-0.3, -0.25) is 0 Å². The first-order valence-electron chi connectivity index (χ1n) is 3.47. The normalized spacial score (nSPS) is 16.5. The maximum absolute atomic E-state index is 2.26. The van der Waals surface area contributed by atoms with Crippen LogP contribution in [0.1, 0.15) is 28.6 Å². The van der Waals surface area contributed by atoms with Crippen molar-refractivity contribution in [3.05, 3.63) is 23.8 Å². The zero-order chi connectivity index (χ0) is 6.91. The van der Waals surface area contributed by atoms with E-state index in [9.17, 15) is 0 Å². The Morgan fingerprint density at radius 2 is 2.00 bits per heavy atom. The van der Waals surface area contributed by atoms with E-state index in [1.807, 2.05) is 0 Å². The predicted molar refractivity (Wildman–Crippen MR) is 42.4 cm³/mol. The Morgan fingerprint density at radius 3 is 2.20 bits per heavy atom. The van der Waals surface area contributed by atoms with Crippen LogP contribution in [0.15, 0.2) is 23.8 Å². The fourth-order valence-corrected chi connectivity index (χ4v) is 1.00. The minimum atomic E-state index is 0. The summed E-state index contributed by atoms with van der Waals surface area (Å²) in [6.45, 7) is 6.77. The molecule has 0 spiro atoms. The van der Waals surface area contributed by atoms with E-state index in [1.54, 1.807) is 5.57 Å². The van der Waals surface area contributed by atoms with E-state index >= 15 is 0 Å². The number of allylic oxidation sites excluding steroid dienone is 4. The van der Waals surface area contributed by atoms with Crippen LogP contribution in [0, 0.1) is 5.41 Å². The molecule has 1 aliphatic rings. The van der Waals surface area contributed by atoms with Crippen LogP contribution in [0.4, 0.5) is 0 Å². The molecule has 0 bridgehead atoms. The number of rotatable bonds is 0. The van der Waals surface area contributed by atoms with Crippen molar-refractivity contribution in [2.75, 3.05) is 0 Å². The van der Waals surface area contributed by atoms with Crippen molar-refractivity contribution in [1.29, 1.82) is 0 Å². The summed E-state index contributed by atoms with van der Waals surface area (Å²) in [5.41, 5.74) is 1.92. The van der Waals surface area contributed by atoms with Crippen molar-refractivity contribution < 1.29 is 31.0 Å². The second kappa shape index (κ2) is 3.75. The molecule has 0 aliphatic heterocycles. The Bertz CT molecular complexity index is 163. The van der Waals surface area contributed by atoms with Crippen LogP contribution in [-0.2, 0) is 0 Å². The molecule has 0 radical (unpaired) electrons. The molecule has 1 rings (SSSR count). The third-order valence-corrected chi connectivity index (χ3v) is 1.73. The van der Waals surface area contributed by atoms with Gasteiger partial charge in [0.15, 0.2) is 0 Å². The van der Waals surface area contributed by atoms with Gasteiger partial charge in [-0.1, -0.05) is 44.6 Å². The predicted octanol–water partition coefficient (Wildman–Crippen LogP) is 0.0353. The third-order valence-electron chi connectivity index (χ3n) is 1.73. The SMILES string of the molecule is CC(C)(C)C1=CC=CC1.[H-].[Na+]. The summed E-state index contributed by atoms with van der Waals surface area (Å²) in [4.78, 5) is 0. The molecule has 0 nitrogen and oxygen atoms in total. The molecule has 0 fully saturated rings. The van der Waals surface area contributed by atoms with E-state index in [0.29, 0.717) is 5.41 Å².